The van der Waals surface area contributed by atoms with E-state index in [0.29, 0.717) is 23.0 Å². The van der Waals surface area contributed by atoms with Gasteiger partial charge < -0.3 is 19.9 Å². The van der Waals surface area contributed by atoms with Crippen molar-refractivity contribution in [3.8, 4) is 10.6 Å². The summed E-state index contributed by atoms with van der Waals surface area (Å²) in [6.45, 7) is 7.10. The van der Waals surface area contributed by atoms with Crippen LogP contribution in [0, 0.1) is 0 Å². The summed E-state index contributed by atoms with van der Waals surface area (Å²) in [5.74, 6) is -0.224. The van der Waals surface area contributed by atoms with E-state index in [-0.39, 0.29) is 40.4 Å². The lowest BCUT2D eigenvalue weighted by Crippen LogP contribution is -2.50. The maximum absolute atomic E-state index is 13.9. The topological polar surface area (TPSA) is 87.7 Å². The quantitative estimate of drug-likeness (QED) is 0.452. The summed E-state index contributed by atoms with van der Waals surface area (Å²) in [7, 11) is -1.56. The highest BCUT2D eigenvalue weighted by Gasteiger charge is 2.37. The molecule has 2 aliphatic rings. The molecule has 1 aromatic carbocycles. The van der Waals surface area contributed by atoms with Gasteiger partial charge in [-0.1, -0.05) is 6.92 Å². The van der Waals surface area contributed by atoms with Gasteiger partial charge in [-0.2, -0.15) is 13.2 Å². The van der Waals surface area contributed by atoms with E-state index in [2.05, 4.69) is 45.1 Å². The summed E-state index contributed by atoms with van der Waals surface area (Å²) in [5, 5.41) is 3.09. The number of hydrogen-bond donors (Lipinski definition) is 1. The monoisotopic (exact) mass is 581 g/mol. The van der Waals surface area contributed by atoms with E-state index in [9.17, 15) is 21.6 Å². The molecular weight excluding hydrogens is 551 g/mol. The predicted molar refractivity (Wildman–Crippen MR) is 145 cm³/mol. The normalized spacial score (nSPS) is 19.9. The number of likely N-dealkylation sites (N-methyl/N-ethyl adjacent to an activating group) is 1. The van der Waals surface area contributed by atoms with E-state index in [4.69, 9.17) is 4.74 Å². The van der Waals surface area contributed by atoms with Crippen LogP contribution in [0.3, 0.4) is 0 Å². The maximum Gasteiger partial charge on any atom is 0.420 e. The molecule has 0 spiro atoms. The summed E-state index contributed by atoms with van der Waals surface area (Å²) in [6, 6.07) is 7.61. The number of benzene rings is 1. The summed E-state index contributed by atoms with van der Waals surface area (Å²) in [6.07, 6.45) is -3.28. The molecule has 5 rings (SSSR count). The molecule has 1 fully saturated rings. The second-order valence-electron chi connectivity index (χ2n) is 9.85. The number of hydrogen-bond acceptors (Lipinski definition) is 9. The van der Waals surface area contributed by atoms with E-state index in [1.807, 2.05) is 19.1 Å². The minimum atomic E-state index is -4.72. The van der Waals surface area contributed by atoms with Gasteiger partial charge in [-0.25, -0.2) is 18.4 Å². The fourth-order valence-corrected chi connectivity index (χ4v) is 7.83. The van der Waals surface area contributed by atoms with Crippen LogP contribution in [-0.2, 0) is 33.8 Å². The highest BCUT2D eigenvalue weighted by atomic mass is 32.2. The summed E-state index contributed by atoms with van der Waals surface area (Å²) in [4.78, 5) is 13.3. The van der Waals surface area contributed by atoms with Crippen LogP contribution in [0.5, 0.6) is 0 Å². The van der Waals surface area contributed by atoms with Crippen molar-refractivity contribution >= 4 is 38.5 Å². The molecule has 210 valence electrons. The minimum Gasteiger partial charge on any atom is -0.375 e. The number of piperazine rings is 1. The van der Waals surface area contributed by atoms with Gasteiger partial charge in [-0.3, -0.25) is 0 Å². The van der Waals surface area contributed by atoms with E-state index in [1.54, 1.807) is 0 Å². The van der Waals surface area contributed by atoms with E-state index in [0.717, 1.165) is 48.4 Å². The third-order valence-corrected chi connectivity index (χ3v) is 10.0. The molecule has 4 heterocycles. The molecular formula is C26H30F3N5O3S2. The van der Waals surface area contributed by atoms with Crippen molar-refractivity contribution in [1.29, 1.82) is 0 Å². The molecule has 2 aliphatic heterocycles. The number of nitrogens with one attached hydrogen (secondary N) is 1. The first kappa shape index (κ1) is 27.8. The molecule has 1 unspecified atom stereocenters. The maximum atomic E-state index is 13.9. The predicted octanol–water partition coefficient (Wildman–Crippen LogP) is 4.97. The molecule has 1 N–H and O–H groups in total. The van der Waals surface area contributed by atoms with Gasteiger partial charge >= 0.3 is 6.18 Å². The second kappa shape index (κ2) is 10.7. The molecule has 8 nitrogen and oxygen atoms in total. The van der Waals surface area contributed by atoms with Crippen molar-refractivity contribution in [3.05, 3.63) is 46.5 Å². The molecule has 13 heteroatoms. The smallest absolute Gasteiger partial charge is 0.375 e. The van der Waals surface area contributed by atoms with E-state index in [1.165, 1.54) is 6.07 Å². The zero-order valence-electron chi connectivity index (χ0n) is 21.9. The minimum absolute atomic E-state index is 0.00300. The standard InChI is InChI=1S/C26H30F3N5O3S2/c1-4-17-11-18(34-8-7-33(3)14-16(34)2)5-6-20(17)31-25-30-13-19(26(27,28)29)24(32-25)21-12-23-22(38-21)15-37-9-10-39(23,35)36/h5-6,11-13,16H,4,7-10,14-15H2,1-3H3,(H,30,31,32). The number of thiophene rings is 1. The number of rotatable bonds is 5. The molecule has 39 heavy (non-hydrogen) atoms. The lowest BCUT2D eigenvalue weighted by Gasteiger charge is -2.40. The van der Waals surface area contributed by atoms with Crippen LogP contribution in [0.1, 0.15) is 29.9 Å². The molecule has 1 atom stereocenters. The molecule has 0 amide bonds. The molecule has 2 aromatic heterocycles. The number of halogens is 3. The van der Waals surface area contributed by atoms with Crippen LogP contribution in [-0.4, -0.2) is 68.4 Å². The van der Waals surface area contributed by atoms with Crippen LogP contribution < -0.4 is 10.2 Å². The van der Waals surface area contributed by atoms with Crippen molar-refractivity contribution < 1.29 is 26.3 Å². The van der Waals surface area contributed by atoms with Crippen molar-refractivity contribution in [1.82, 2.24) is 14.9 Å². The van der Waals surface area contributed by atoms with E-state index < -0.39 is 21.6 Å². The van der Waals surface area contributed by atoms with Gasteiger partial charge in [-0.05, 0) is 50.2 Å². The van der Waals surface area contributed by atoms with E-state index >= 15 is 0 Å². The summed E-state index contributed by atoms with van der Waals surface area (Å²) >= 11 is 0.944. The Balaban J connectivity index is 1.50. The SMILES string of the molecule is CCc1cc(N2CCN(C)CC2C)ccc1Nc1ncc(C(F)(F)F)c(-c2cc3c(s2)COCCS3(=O)=O)n1. The number of nitrogens with zero attached hydrogens (tertiary/aromatic N) is 4. The fraction of sp³-hybridized carbons (Fsp3) is 0.462. The van der Waals surface area contributed by atoms with Gasteiger partial charge in [0.2, 0.25) is 5.95 Å². The van der Waals surface area contributed by atoms with Crippen molar-refractivity contribution in [2.24, 2.45) is 0 Å². The molecule has 0 radical (unpaired) electrons. The number of fused-ring (bicyclic) bond motifs is 1. The van der Waals surface area contributed by atoms with Gasteiger partial charge in [0.05, 0.1) is 34.4 Å². The van der Waals surface area contributed by atoms with Gasteiger partial charge in [0.15, 0.2) is 9.84 Å². The molecule has 1 saturated heterocycles. The van der Waals surface area contributed by atoms with Crippen molar-refractivity contribution in [2.45, 2.75) is 44.0 Å². The van der Waals surface area contributed by atoms with Gasteiger partial charge in [0.1, 0.15) is 5.56 Å². The first-order valence-corrected chi connectivity index (χ1v) is 15.2. The van der Waals surface area contributed by atoms with Gasteiger partial charge in [0.25, 0.3) is 0 Å². The number of aryl methyl sites for hydroxylation is 1. The molecule has 0 bridgehead atoms. The van der Waals surface area contributed by atoms with Crippen LogP contribution in [0.25, 0.3) is 10.6 Å². The molecule has 0 aliphatic carbocycles. The highest BCUT2D eigenvalue weighted by molar-refractivity contribution is 7.91. The van der Waals surface area contributed by atoms with Crippen molar-refractivity contribution in [2.75, 3.05) is 49.3 Å². The van der Waals surface area contributed by atoms with Crippen LogP contribution >= 0.6 is 11.3 Å². The number of alkyl halides is 3. The second-order valence-corrected chi connectivity index (χ2v) is 13.1. The number of aromatic nitrogens is 2. The summed E-state index contributed by atoms with van der Waals surface area (Å²) < 4.78 is 72.4. The number of ether oxygens (including phenoxy) is 1. The number of anilines is 3. The zero-order chi connectivity index (χ0) is 27.9. The fourth-order valence-electron chi connectivity index (χ4n) is 4.99. The lowest BCUT2D eigenvalue weighted by molar-refractivity contribution is -0.137. The van der Waals surface area contributed by atoms with Gasteiger partial charge in [0, 0.05) is 48.1 Å². The first-order chi connectivity index (χ1) is 18.5. The molecule has 3 aromatic rings. The Morgan fingerprint density at radius 3 is 2.74 bits per heavy atom. The Labute approximate surface area is 229 Å². The first-order valence-electron chi connectivity index (χ1n) is 12.7. The molecule has 0 saturated carbocycles. The third-order valence-electron chi connectivity index (χ3n) is 7.04. The Kier molecular flexibility index (Phi) is 7.61. The van der Waals surface area contributed by atoms with Gasteiger partial charge in [-0.15, -0.1) is 11.3 Å². The largest absolute Gasteiger partial charge is 0.420 e. The van der Waals surface area contributed by atoms with Crippen molar-refractivity contribution in [3.63, 3.8) is 0 Å². The zero-order valence-corrected chi connectivity index (χ0v) is 23.5. The van der Waals surface area contributed by atoms with Crippen LogP contribution in [0.4, 0.5) is 30.5 Å². The third kappa shape index (κ3) is 5.76. The summed E-state index contributed by atoms with van der Waals surface area (Å²) in [5.41, 5.74) is 1.38. The number of sulfone groups is 1. The Hall–Kier alpha value is -2.74. The van der Waals surface area contributed by atoms with Crippen LogP contribution in [0.15, 0.2) is 35.4 Å². The Morgan fingerprint density at radius 2 is 2.03 bits per heavy atom. The Bertz CT molecular complexity index is 1480. The van der Waals surface area contributed by atoms with Crippen LogP contribution in [0.2, 0.25) is 0 Å². The average molecular weight is 582 g/mol. The average Bonchev–Trinajstić information content (AvgIpc) is 3.26. The highest BCUT2D eigenvalue weighted by Crippen LogP contribution is 2.42. The lowest BCUT2D eigenvalue weighted by atomic mass is 10.1. The Morgan fingerprint density at radius 1 is 1.23 bits per heavy atom.